The van der Waals surface area contributed by atoms with Gasteiger partial charge in [-0.3, -0.25) is 0 Å². The van der Waals surface area contributed by atoms with Crippen molar-refractivity contribution in [1.82, 2.24) is 19.9 Å². The molecule has 0 fully saturated rings. The van der Waals surface area contributed by atoms with Crippen molar-refractivity contribution in [1.29, 1.82) is 0 Å². The van der Waals surface area contributed by atoms with Gasteiger partial charge in [0.25, 0.3) is 0 Å². The van der Waals surface area contributed by atoms with Crippen LogP contribution in [0.5, 0.6) is 0 Å². The van der Waals surface area contributed by atoms with E-state index in [1.54, 1.807) is 0 Å². The number of hydrogen-bond acceptors (Lipinski definition) is 7. The number of rotatable bonds is 7. The van der Waals surface area contributed by atoms with Gasteiger partial charge in [-0.2, -0.15) is 9.67 Å². The Labute approximate surface area is 109 Å². The van der Waals surface area contributed by atoms with Crippen LogP contribution < -0.4 is 5.76 Å². The van der Waals surface area contributed by atoms with Gasteiger partial charge in [0.05, 0.1) is 0 Å². The van der Waals surface area contributed by atoms with Gasteiger partial charge in [-0.05, 0) is 6.42 Å². The number of nitrogens with zero attached hydrogens (tertiary/aromatic N) is 4. The molecule has 8 nitrogen and oxygen atoms in total. The number of aromatic nitrogens is 4. The van der Waals surface area contributed by atoms with Crippen LogP contribution in [0.2, 0.25) is 0 Å². The summed E-state index contributed by atoms with van der Waals surface area (Å²) in [4.78, 5) is 15.7. The van der Waals surface area contributed by atoms with Crippen molar-refractivity contribution in [3.8, 4) is 0 Å². The summed E-state index contributed by atoms with van der Waals surface area (Å²) >= 11 is 0. The van der Waals surface area contributed by atoms with E-state index in [9.17, 15) is 4.79 Å². The van der Waals surface area contributed by atoms with Crippen molar-refractivity contribution >= 4 is 0 Å². The monoisotopic (exact) mass is 268 g/mol. The van der Waals surface area contributed by atoms with Crippen LogP contribution in [0.1, 0.15) is 37.4 Å². The van der Waals surface area contributed by atoms with Gasteiger partial charge < -0.3 is 13.7 Å². The van der Waals surface area contributed by atoms with Crippen LogP contribution >= 0.6 is 0 Å². The second-order valence-electron chi connectivity index (χ2n) is 4.06. The zero-order chi connectivity index (χ0) is 13.7. The van der Waals surface area contributed by atoms with E-state index in [2.05, 4.69) is 22.2 Å². The summed E-state index contributed by atoms with van der Waals surface area (Å²) in [7, 11) is 1.50. The number of aryl methyl sites for hydroxylation is 1. The van der Waals surface area contributed by atoms with E-state index < -0.39 is 5.76 Å². The second-order valence-corrected chi connectivity index (χ2v) is 4.06. The highest BCUT2D eigenvalue weighted by atomic mass is 16.5. The molecule has 0 spiro atoms. The average molecular weight is 268 g/mol. The van der Waals surface area contributed by atoms with Crippen LogP contribution in [-0.2, 0) is 24.3 Å². The van der Waals surface area contributed by atoms with Crippen molar-refractivity contribution in [2.75, 3.05) is 7.11 Å². The SMILES string of the molecule is CCCCc1noc(Cn2nc(COC)oc2=O)n1. The van der Waals surface area contributed by atoms with Gasteiger partial charge in [0, 0.05) is 13.5 Å². The first-order valence-corrected chi connectivity index (χ1v) is 6.10. The standard InChI is InChI=1S/C11H16N4O4/c1-3-4-5-8-12-9(19-14-8)6-15-11(16)18-10(13-15)7-17-2/h3-7H2,1-2H3. The number of hydrogen-bond donors (Lipinski definition) is 0. The van der Waals surface area contributed by atoms with E-state index in [1.807, 2.05) is 0 Å². The number of ether oxygens (including phenoxy) is 1. The zero-order valence-corrected chi connectivity index (χ0v) is 11.0. The Morgan fingerprint density at radius 3 is 2.95 bits per heavy atom. The summed E-state index contributed by atoms with van der Waals surface area (Å²) in [5.41, 5.74) is 0. The van der Waals surface area contributed by atoms with Gasteiger partial charge in [-0.25, -0.2) is 4.79 Å². The molecule has 8 heteroatoms. The van der Waals surface area contributed by atoms with Crippen molar-refractivity contribution < 1.29 is 13.7 Å². The molecule has 19 heavy (non-hydrogen) atoms. The third-order valence-corrected chi connectivity index (χ3v) is 2.47. The van der Waals surface area contributed by atoms with E-state index in [0.29, 0.717) is 11.7 Å². The van der Waals surface area contributed by atoms with Gasteiger partial charge in [-0.15, -0.1) is 5.10 Å². The Hall–Kier alpha value is -1.96. The molecule has 2 heterocycles. The fourth-order valence-corrected chi connectivity index (χ4v) is 1.55. The van der Waals surface area contributed by atoms with E-state index in [1.165, 1.54) is 7.11 Å². The molecule has 0 bridgehead atoms. The summed E-state index contributed by atoms with van der Waals surface area (Å²) in [5, 5.41) is 7.79. The Bertz CT molecular complexity index is 571. The minimum Gasteiger partial charge on any atom is -0.390 e. The maximum atomic E-state index is 11.5. The quantitative estimate of drug-likeness (QED) is 0.731. The largest absolute Gasteiger partial charge is 0.437 e. The summed E-state index contributed by atoms with van der Waals surface area (Å²) in [6.07, 6.45) is 2.83. The van der Waals surface area contributed by atoms with E-state index in [0.717, 1.165) is 23.9 Å². The molecule has 104 valence electrons. The molecular formula is C11H16N4O4. The first kappa shape index (κ1) is 13.5. The van der Waals surface area contributed by atoms with Gasteiger partial charge >= 0.3 is 5.76 Å². The molecule has 0 aliphatic carbocycles. The summed E-state index contributed by atoms with van der Waals surface area (Å²) in [6.45, 7) is 2.34. The summed E-state index contributed by atoms with van der Waals surface area (Å²) in [6, 6.07) is 0. The molecule has 0 aliphatic heterocycles. The first-order chi connectivity index (χ1) is 9.22. The Kier molecular flexibility index (Phi) is 4.45. The topological polar surface area (TPSA) is 96.2 Å². The van der Waals surface area contributed by atoms with Crippen LogP contribution in [0.15, 0.2) is 13.7 Å². The van der Waals surface area contributed by atoms with Gasteiger partial charge in [0.1, 0.15) is 13.2 Å². The highest BCUT2D eigenvalue weighted by molar-refractivity contribution is 4.87. The predicted octanol–water partition coefficient (Wildman–Crippen LogP) is 0.757. The number of methoxy groups -OCH3 is 1. The Balaban J connectivity index is 2.04. The van der Waals surface area contributed by atoms with Crippen molar-refractivity contribution in [3.05, 3.63) is 28.2 Å². The molecule has 0 amide bonds. The lowest BCUT2D eigenvalue weighted by Gasteiger charge is -1.91. The predicted molar refractivity (Wildman–Crippen MR) is 63.5 cm³/mol. The maximum absolute atomic E-state index is 11.5. The molecule has 0 radical (unpaired) electrons. The summed E-state index contributed by atoms with van der Waals surface area (Å²) in [5.74, 6) is 0.634. The fraction of sp³-hybridized carbons (Fsp3) is 0.636. The lowest BCUT2D eigenvalue weighted by Crippen LogP contribution is -2.16. The smallest absolute Gasteiger partial charge is 0.390 e. The minimum atomic E-state index is -0.569. The zero-order valence-electron chi connectivity index (χ0n) is 11.0. The van der Waals surface area contributed by atoms with E-state index in [-0.39, 0.29) is 19.0 Å². The van der Waals surface area contributed by atoms with E-state index >= 15 is 0 Å². The fourth-order valence-electron chi connectivity index (χ4n) is 1.55. The van der Waals surface area contributed by atoms with Gasteiger partial charge in [0.2, 0.25) is 11.8 Å². The van der Waals surface area contributed by atoms with Crippen molar-refractivity contribution in [2.24, 2.45) is 0 Å². The van der Waals surface area contributed by atoms with Crippen molar-refractivity contribution in [2.45, 2.75) is 39.3 Å². The van der Waals surface area contributed by atoms with Gasteiger partial charge in [-0.1, -0.05) is 18.5 Å². The first-order valence-electron chi connectivity index (χ1n) is 6.10. The molecule has 0 unspecified atom stereocenters. The number of unbranched alkanes of at least 4 members (excludes halogenated alkanes) is 1. The molecule has 0 atom stereocenters. The molecular weight excluding hydrogens is 252 g/mol. The van der Waals surface area contributed by atoms with Crippen LogP contribution in [0.3, 0.4) is 0 Å². The van der Waals surface area contributed by atoms with Crippen LogP contribution in [0, 0.1) is 0 Å². The van der Waals surface area contributed by atoms with Crippen molar-refractivity contribution in [3.63, 3.8) is 0 Å². The molecule has 2 aromatic heterocycles. The van der Waals surface area contributed by atoms with E-state index in [4.69, 9.17) is 13.7 Å². The van der Waals surface area contributed by atoms with Crippen LogP contribution in [-0.4, -0.2) is 27.0 Å². The lowest BCUT2D eigenvalue weighted by atomic mass is 10.2. The average Bonchev–Trinajstić information content (AvgIpc) is 2.96. The lowest BCUT2D eigenvalue weighted by molar-refractivity contribution is 0.158. The van der Waals surface area contributed by atoms with Crippen LogP contribution in [0.25, 0.3) is 0 Å². The van der Waals surface area contributed by atoms with Crippen LogP contribution in [0.4, 0.5) is 0 Å². The summed E-state index contributed by atoms with van der Waals surface area (Å²) < 4.78 is 15.9. The highest BCUT2D eigenvalue weighted by Crippen LogP contribution is 2.03. The second kappa shape index (κ2) is 6.28. The highest BCUT2D eigenvalue weighted by Gasteiger charge is 2.12. The molecule has 2 aromatic rings. The maximum Gasteiger partial charge on any atom is 0.437 e. The van der Waals surface area contributed by atoms with Gasteiger partial charge in [0.15, 0.2) is 5.82 Å². The molecule has 0 saturated heterocycles. The normalized spacial score (nSPS) is 11.1. The minimum absolute atomic E-state index is 0.102. The Morgan fingerprint density at radius 2 is 2.21 bits per heavy atom. The molecule has 0 N–H and O–H groups in total. The third-order valence-electron chi connectivity index (χ3n) is 2.47. The molecule has 2 rings (SSSR count). The molecule has 0 aromatic carbocycles. The Morgan fingerprint density at radius 1 is 1.37 bits per heavy atom. The third kappa shape index (κ3) is 3.50. The molecule has 0 saturated carbocycles. The molecule has 0 aliphatic rings.